The number of aromatic nitrogens is 1. The van der Waals surface area contributed by atoms with Crippen molar-refractivity contribution in [3.8, 4) is 0 Å². The van der Waals surface area contributed by atoms with E-state index < -0.39 is 16.1 Å². The van der Waals surface area contributed by atoms with Crippen LogP contribution in [-0.2, 0) is 26.0 Å². The second-order valence-electron chi connectivity index (χ2n) is 5.94. The largest absolute Gasteiger partial charge is 0.378 e. The minimum absolute atomic E-state index is 0.214. The lowest BCUT2D eigenvalue weighted by atomic mass is 10.0. The Morgan fingerprint density at radius 1 is 1.33 bits per heavy atom. The molecular weight excluding hydrogens is 330 g/mol. The van der Waals surface area contributed by atoms with E-state index in [-0.39, 0.29) is 5.91 Å². The summed E-state index contributed by atoms with van der Waals surface area (Å²) in [5.41, 5.74) is 1.87. The fourth-order valence-electron chi connectivity index (χ4n) is 2.96. The molecule has 0 unspecified atom stereocenters. The van der Waals surface area contributed by atoms with E-state index in [1.165, 1.54) is 0 Å². The molecule has 0 spiro atoms. The maximum absolute atomic E-state index is 12.8. The molecule has 3 rings (SSSR count). The van der Waals surface area contributed by atoms with Gasteiger partial charge in [0.25, 0.3) is 0 Å². The van der Waals surface area contributed by atoms with Gasteiger partial charge in [-0.15, -0.1) is 0 Å². The number of sulfonamides is 1. The molecule has 7 nitrogen and oxygen atoms in total. The number of aromatic amines is 1. The summed E-state index contributed by atoms with van der Waals surface area (Å²) in [4.78, 5) is 17.6. The van der Waals surface area contributed by atoms with Gasteiger partial charge in [-0.2, -0.15) is 0 Å². The molecule has 2 heterocycles. The molecule has 0 bridgehead atoms. The first-order chi connectivity index (χ1) is 11.4. The lowest BCUT2D eigenvalue weighted by molar-refractivity contribution is -0.137. The number of hydrogen-bond acceptors (Lipinski definition) is 4. The molecule has 24 heavy (non-hydrogen) atoms. The first-order valence-electron chi connectivity index (χ1n) is 7.83. The molecule has 1 atom stereocenters. The first-order valence-corrected chi connectivity index (χ1v) is 9.72. The molecule has 2 aromatic rings. The topological polar surface area (TPSA) is 91.5 Å². The Balaban J connectivity index is 1.85. The fourth-order valence-corrected chi connectivity index (χ4v) is 3.66. The zero-order valence-corrected chi connectivity index (χ0v) is 14.3. The summed E-state index contributed by atoms with van der Waals surface area (Å²) in [5, 5.41) is 0.993. The van der Waals surface area contributed by atoms with Gasteiger partial charge in [-0.1, -0.05) is 18.2 Å². The quantitative estimate of drug-likeness (QED) is 0.820. The van der Waals surface area contributed by atoms with Crippen molar-refractivity contribution >= 4 is 26.8 Å². The van der Waals surface area contributed by atoms with Crippen LogP contribution in [0.3, 0.4) is 0 Å². The summed E-state index contributed by atoms with van der Waals surface area (Å²) in [5.74, 6) is -0.214. The average Bonchev–Trinajstić information content (AvgIpc) is 2.96. The average molecular weight is 351 g/mol. The molecule has 2 N–H and O–H groups in total. The van der Waals surface area contributed by atoms with Crippen molar-refractivity contribution in [1.82, 2.24) is 14.6 Å². The van der Waals surface area contributed by atoms with E-state index >= 15 is 0 Å². The predicted molar refractivity (Wildman–Crippen MR) is 91.2 cm³/mol. The van der Waals surface area contributed by atoms with Crippen LogP contribution in [0.5, 0.6) is 0 Å². The van der Waals surface area contributed by atoms with Gasteiger partial charge in [0.1, 0.15) is 6.04 Å². The molecule has 1 aliphatic rings. The predicted octanol–water partition coefficient (Wildman–Crippen LogP) is 0.487. The lowest BCUT2D eigenvalue weighted by Crippen LogP contribution is -2.52. The van der Waals surface area contributed by atoms with Crippen molar-refractivity contribution in [2.24, 2.45) is 0 Å². The van der Waals surface area contributed by atoms with E-state index in [2.05, 4.69) is 9.71 Å². The lowest BCUT2D eigenvalue weighted by Gasteiger charge is -2.30. The number of H-pyrrole nitrogens is 1. The van der Waals surface area contributed by atoms with Crippen molar-refractivity contribution in [3.63, 3.8) is 0 Å². The van der Waals surface area contributed by atoms with Crippen LogP contribution in [0.4, 0.5) is 0 Å². The maximum Gasteiger partial charge on any atom is 0.241 e. The van der Waals surface area contributed by atoms with Crippen LogP contribution in [0.1, 0.15) is 5.56 Å². The highest BCUT2D eigenvalue weighted by atomic mass is 32.2. The Labute approximate surface area is 141 Å². The van der Waals surface area contributed by atoms with Gasteiger partial charge in [0.2, 0.25) is 15.9 Å². The van der Waals surface area contributed by atoms with Crippen molar-refractivity contribution < 1.29 is 17.9 Å². The normalized spacial score (nSPS) is 17.1. The van der Waals surface area contributed by atoms with Crippen LogP contribution in [0.25, 0.3) is 10.9 Å². The Bertz CT molecular complexity index is 825. The Morgan fingerprint density at radius 3 is 2.75 bits per heavy atom. The van der Waals surface area contributed by atoms with Crippen molar-refractivity contribution in [3.05, 3.63) is 36.0 Å². The molecule has 0 radical (unpaired) electrons. The minimum atomic E-state index is -3.50. The number of carbonyl (C=O) groups excluding carboxylic acids is 1. The minimum Gasteiger partial charge on any atom is -0.378 e. The van der Waals surface area contributed by atoms with Gasteiger partial charge in [-0.3, -0.25) is 4.79 Å². The third-order valence-electron chi connectivity index (χ3n) is 4.08. The molecule has 1 fully saturated rings. The molecule has 0 aliphatic carbocycles. The Kier molecular flexibility index (Phi) is 4.88. The standard InChI is InChI=1S/C16H21N3O4S/c1-24(21,22)18-15(16(20)19-6-8-23-9-7-19)10-12-11-17-14-5-3-2-4-13(12)14/h2-5,11,15,17-18H,6-10H2,1H3/t15-/m0/s1. The Hall–Kier alpha value is -1.90. The zero-order chi connectivity index (χ0) is 17.2. The van der Waals surface area contributed by atoms with Crippen LogP contribution < -0.4 is 4.72 Å². The smallest absolute Gasteiger partial charge is 0.241 e. The van der Waals surface area contributed by atoms with E-state index in [0.717, 1.165) is 22.7 Å². The van der Waals surface area contributed by atoms with E-state index in [9.17, 15) is 13.2 Å². The molecule has 1 saturated heterocycles. The zero-order valence-electron chi connectivity index (χ0n) is 13.5. The number of amides is 1. The molecule has 1 amide bonds. The highest BCUT2D eigenvalue weighted by Gasteiger charge is 2.29. The van der Waals surface area contributed by atoms with Crippen LogP contribution in [-0.4, -0.2) is 62.8 Å². The number of para-hydroxylation sites is 1. The second-order valence-corrected chi connectivity index (χ2v) is 7.72. The van der Waals surface area contributed by atoms with Gasteiger partial charge in [-0.25, -0.2) is 13.1 Å². The van der Waals surface area contributed by atoms with E-state index in [1.54, 1.807) is 4.90 Å². The summed E-state index contributed by atoms with van der Waals surface area (Å²) in [6, 6.07) is 6.92. The van der Waals surface area contributed by atoms with Gasteiger partial charge >= 0.3 is 0 Å². The van der Waals surface area contributed by atoms with E-state index in [4.69, 9.17) is 4.74 Å². The van der Waals surface area contributed by atoms with Crippen molar-refractivity contribution in [2.45, 2.75) is 12.5 Å². The third kappa shape index (κ3) is 3.95. The van der Waals surface area contributed by atoms with Crippen molar-refractivity contribution in [2.75, 3.05) is 32.6 Å². The molecule has 0 saturated carbocycles. The van der Waals surface area contributed by atoms with E-state index in [1.807, 2.05) is 30.5 Å². The first kappa shape index (κ1) is 16.9. The van der Waals surface area contributed by atoms with Gasteiger partial charge in [0.05, 0.1) is 19.5 Å². The summed E-state index contributed by atoms with van der Waals surface area (Å²) in [6.45, 7) is 1.91. The number of hydrogen-bond donors (Lipinski definition) is 2. The number of rotatable bonds is 5. The van der Waals surface area contributed by atoms with Crippen LogP contribution in [0, 0.1) is 0 Å². The fraction of sp³-hybridized carbons (Fsp3) is 0.438. The highest BCUT2D eigenvalue weighted by molar-refractivity contribution is 7.88. The molecule has 8 heteroatoms. The molecule has 1 aliphatic heterocycles. The molecular formula is C16H21N3O4S. The SMILES string of the molecule is CS(=O)(=O)N[C@@H](Cc1c[nH]c2ccccc12)C(=O)N1CCOCC1. The second kappa shape index (κ2) is 6.92. The number of ether oxygens (including phenoxy) is 1. The number of carbonyl (C=O) groups is 1. The monoisotopic (exact) mass is 351 g/mol. The number of benzene rings is 1. The van der Waals surface area contributed by atoms with Gasteiger partial charge in [-0.05, 0) is 18.1 Å². The molecule has 130 valence electrons. The molecule has 1 aromatic heterocycles. The maximum atomic E-state index is 12.8. The highest BCUT2D eigenvalue weighted by Crippen LogP contribution is 2.20. The third-order valence-corrected chi connectivity index (χ3v) is 4.79. The number of nitrogens with zero attached hydrogens (tertiary/aromatic N) is 1. The van der Waals surface area contributed by atoms with Gasteiger partial charge in [0.15, 0.2) is 0 Å². The number of fused-ring (bicyclic) bond motifs is 1. The summed E-state index contributed by atoms with van der Waals surface area (Å²) >= 11 is 0. The van der Waals surface area contributed by atoms with Gasteiger partial charge in [0, 0.05) is 30.2 Å². The Morgan fingerprint density at radius 2 is 2.04 bits per heavy atom. The van der Waals surface area contributed by atoms with Crippen LogP contribution >= 0.6 is 0 Å². The number of nitrogens with one attached hydrogen (secondary N) is 2. The summed E-state index contributed by atoms with van der Waals surface area (Å²) in [7, 11) is -3.50. The molecule has 1 aromatic carbocycles. The number of morpholine rings is 1. The summed E-state index contributed by atoms with van der Waals surface area (Å²) < 4.78 is 31.2. The summed E-state index contributed by atoms with van der Waals surface area (Å²) in [6.07, 6.45) is 3.20. The van der Waals surface area contributed by atoms with Crippen LogP contribution in [0.15, 0.2) is 30.5 Å². The van der Waals surface area contributed by atoms with E-state index in [0.29, 0.717) is 32.7 Å². The van der Waals surface area contributed by atoms with Crippen LogP contribution in [0.2, 0.25) is 0 Å². The van der Waals surface area contributed by atoms with Crippen molar-refractivity contribution in [1.29, 1.82) is 0 Å². The van der Waals surface area contributed by atoms with Gasteiger partial charge < -0.3 is 14.6 Å².